The molecule has 1 rings (SSSR count). The summed E-state index contributed by atoms with van der Waals surface area (Å²) in [4.78, 5) is 34.2. The van der Waals surface area contributed by atoms with Gasteiger partial charge in [-0.25, -0.2) is 0 Å². The third-order valence-electron chi connectivity index (χ3n) is 3.33. The number of carbonyl (C=O) groups excluding carboxylic acids is 3. The molecule has 5 atom stereocenters. The van der Waals surface area contributed by atoms with Crippen molar-refractivity contribution < 1.29 is 33.3 Å². The van der Waals surface area contributed by atoms with Gasteiger partial charge < -0.3 is 18.9 Å². The standard InChI is InChI=1S/C16H26O7S2/c1-6-24-15-14(22-11(5)19)13(23-16(15)25-7-2)12(21-10(4)18)8-20-9(3)17/h12-16H,6-8H2,1-5H3/t12-,13+,14-,15-,16-/m1/s1. The Balaban J connectivity index is 3.06. The molecule has 0 aromatic rings. The molecule has 0 spiro atoms. The van der Waals surface area contributed by atoms with Gasteiger partial charge in [0.2, 0.25) is 0 Å². The van der Waals surface area contributed by atoms with E-state index in [4.69, 9.17) is 18.9 Å². The molecular formula is C16H26O7S2. The maximum absolute atomic E-state index is 11.6. The lowest BCUT2D eigenvalue weighted by atomic mass is 10.1. The Bertz CT molecular complexity index is 471. The molecule has 1 saturated heterocycles. The number of ether oxygens (including phenoxy) is 4. The van der Waals surface area contributed by atoms with E-state index in [0.29, 0.717) is 0 Å². The van der Waals surface area contributed by atoms with Crippen molar-refractivity contribution in [3.05, 3.63) is 0 Å². The van der Waals surface area contributed by atoms with Crippen molar-refractivity contribution in [2.75, 3.05) is 18.1 Å². The minimum Gasteiger partial charge on any atom is -0.462 e. The zero-order chi connectivity index (χ0) is 19.0. The van der Waals surface area contributed by atoms with Crippen LogP contribution in [0.1, 0.15) is 34.6 Å². The molecule has 1 heterocycles. The maximum atomic E-state index is 11.6. The fraction of sp³-hybridized carbons (Fsp3) is 0.812. The zero-order valence-electron chi connectivity index (χ0n) is 15.2. The minimum atomic E-state index is -0.840. The molecular weight excluding hydrogens is 368 g/mol. The lowest BCUT2D eigenvalue weighted by Gasteiger charge is -2.27. The van der Waals surface area contributed by atoms with E-state index in [-0.39, 0.29) is 17.3 Å². The number of hydrogen-bond acceptors (Lipinski definition) is 9. The van der Waals surface area contributed by atoms with E-state index in [2.05, 4.69) is 0 Å². The average molecular weight is 395 g/mol. The predicted molar refractivity (Wildman–Crippen MR) is 96.5 cm³/mol. The highest BCUT2D eigenvalue weighted by Crippen LogP contribution is 2.40. The van der Waals surface area contributed by atoms with Crippen LogP contribution in [0, 0.1) is 0 Å². The van der Waals surface area contributed by atoms with Gasteiger partial charge in [-0.05, 0) is 11.5 Å². The summed E-state index contributed by atoms with van der Waals surface area (Å²) in [6.07, 6.45) is -2.13. The summed E-state index contributed by atoms with van der Waals surface area (Å²) in [5, 5.41) is -0.0979. The molecule has 1 fully saturated rings. The molecule has 0 saturated carbocycles. The quantitative estimate of drug-likeness (QED) is 0.430. The van der Waals surface area contributed by atoms with Crippen molar-refractivity contribution in [3.8, 4) is 0 Å². The topological polar surface area (TPSA) is 88.1 Å². The van der Waals surface area contributed by atoms with Gasteiger partial charge in [0.05, 0.1) is 5.25 Å². The highest BCUT2D eigenvalue weighted by Gasteiger charge is 2.51. The summed E-state index contributed by atoms with van der Waals surface area (Å²) in [6, 6.07) is 0. The molecule has 0 aromatic carbocycles. The van der Waals surface area contributed by atoms with Crippen molar-refractivity contribution in [3.63, 3.8) is 0 Å². The smallest absolute Gasteiger partial charge is 0.303 e. The second-order valence-electron chi connectivity index (χ2n) is 5.37. The number of thioether (sulfide) groups is 2. The van der Waals surface area contributed by atoms with Crippen molar-refractivity contribution in [1.82, 2.24) is 0 Å². The molecule has 1 aliphatic rings. The fourth-order valence-corrected chi connectivity index (χ4v) is 4.91. The van der Waals surface area contributed by atoms with Gasteiger partial charge >= 0.3 is 17.9 Å². The maximum Gasteiger partial charge on any atom is 0.303 e. The number of hydrogen-bond donors (Lipinski definition) is 0. The Hall–Kier alpha value is -0.930. The Labute approximate surface area is 156 Å². The highest BCUT2D eigenvalue weighted by atomic mass is 32.2. The normalized spacial score (nSPS) is 26.8. The lowest BCUT2D eigenvalue weighted by Crippen LogP contribution is -2.45. The molecule has 0 radical (unpaired) electrons. The first-order chi connectivity index (χ1) is 11.8. The van der Waals surface area contributed by atoms with Crippen LogP contribution >= 0.6 is 23.5 Å². The van der Waals surface area contributed by atoms with Gasteiger partial charge in [0, 0.05) is 20.8 Å². The molecule has 1 aliphatic heterocycles. The average Bonchev–Trinajstić information content (AvgIpc) is 2.81. The van der Waals surface area contributed by atoms with Crippen LogP contribution in [0.3, 0.4) is 0 Å². The van der Waals surface area contributed by atoms with Crippen LogP contribution in [-0.2, 0) is 33.3 Å². The van der Waals surface area contributed by atoms with Crippen molar-refractivity contribution in [2.24, 2.45) is 0 Å². The van der Waals surface area contributed by atoms with E-state index in [1.807, 2.05) is 13.8 Å². The van der Waals surface area contributed by atoms with Crippen LogP contribution in [-0.4, -0.2) is 65.0 Å². The van der Waals surface area contributed by atoms with Crippen molar-refractivity contribution in [1.29, 1.82) is 0 Å². The Kier molecular flexibility index (Phi) is 9.66. The van der Waals surface area contributed by atoms with Gasteiger partial charge in [-0.1, -0.05) is 13.8 Å². The molecule has 0 aromatic heterocycles. The van der Waals surface area contributed by atoms with Gasteiger partial charge in [0.15, 0.2) is 6.10 Å². The van der Waals surface area contributed by atoms with Crippen LogP contribution in [0.2, 0.25) is 0 Å². The highest BCUT2D eigenvalue weighted by molar-refractivity contribution is 8.03. The predicted octanol–water partition coefficient (Wildman–Crippen LogP) is 2.01. The van der Waals surface area contributed by atoms with Crippen LogP contribution < -0.4 is 0 Å². The SMILES string of the molecule is CCS[C@@H]1[C@H](OC(C)=O)[C@H]([C@@H](COC(C)=O)OC(C)=O)O[C@@H]1SCC. The molecule has 0 bridgehead atoms. The Morgan fingerprint density at radius 3 is 2.12 bits per heavy atom. The first-order valence-electron chi connectivity index (χ1n) is 8.16. The molecule has 0 unspecified atom stereocenters. The summed E-state index contributed by atoms with van der Waals surface area (Å²) >= 11 is 3.23. The van der Waals surface area contributed by atoms with Crippen LogP contribution in [0.5, 0.6) is 0 Å². The lowest BCUT2D eigenvalue weighted by molar-refractivity contribution is -0.172. The summed E-state index contributed by atoms with van der Waals surface area (Å²) < 4.78 is 21.9. The number of rotatable bonds is 9. The number of esters is 3. The molecule has 0 amide bonds. The largest absolute Gasteiger partial charge is 0.462 e. The van der Waals surface area contributed by atoms with Crippen LogP contribution in [0.15, 0.2) is 0 Å². The fourth-order valence-electron chi connectivity index (χ4n) is 2.55. The second kappa shape index (κ2) is 10.9. The second-order valence-corrected chi connectivity index (χ2v) is 8.20. The van der Waals surface area contributed by atoms with E-state index < -0.39 is 36.2 Å². The minimum absolute atomic E-state index is 0.0979. The van der Waals surface area contributed by atoms with E-state index in [1.165, 1.54) is 20.8 Å². The van der Waals surface area contributed by atoms with Gasteiger partial charge in [-0.15, -0.1) is 11.8 Å². The van der Waals surface area contributed by atoms with Crippen LogP contribution in [0.25, 0.3) is 0 Å². The van der Waals surface area contributed by atoms with Crippen molar-refractivity contribution in [2.45, 2.75) is 63.6 Å². The molecule has 25 heavy (non-hydrogen) atoms. The Morgan fingerprint density at radius 2 is 1.64 bits per heavy atom. The van der Waals surface area contributed by atoms with Gasteiger partial charge in [0.1, 0.15) is 24.3 Å². The van der Waals surface area contributed by atoms with Crippen molar-refractivity contribution >= 4 is 41.4 Å². The first-order valence-corrected chi connectivity index (χ1v) is 10.3. The van der Waals surface area contributed by atoms with Gasteiger partial charge in [-0.2, -0.15) is 11.8 Å². The molecule has 9 heteroatoms. The summed E-state index contributed by atoms with van der Waals surface area (Å²) in [6.45, 7) is 7.75. The monoisotopic (exact) mass is 394 g/mol. The number of carbonyl (C=O) groups is 3. The molecule has 144 valence electrons. The molecule has 0 aliphatic carbocycles. The molecule has 7 nitrogen and oxygen atoms in total. The Morgan fingerprint density at radius 1 is 1.00 bits per heavy atom. The third-order valence-corrected chi connectivity index (χ3v) is 5.81. The third kappa shape index (κ3) is 7.07. The van der Waals surface area contributed by atoms with E-state index >= 15 is 0 Å². The zero-order valence-corrected chi connectivity index (χ0v) is 16.8. The summed E-state index contributed by atoms with van der Waals surface area (Å²) in [7, 11) is 0. The molecule has 0 N–H and O–H groups in total. The van der Waals surface area contributed by atoms with E-state index in [0.717, 1.165) is 11.5 Å². The van der Waals surface area contributed by atoms with E-state index in [1.54, 1.807) is 23.5 Å². The van der Waals surface area contributed by atoms with E-state index in [9.17, 15) is 14.4 Å². The summed E-state index contributed by atoms with van der Waals surface area (Å²) in [5.41, 5.74) is -0.209. The van der Waals surface area contributed by atoms with Gasteiger partial charge in [-0.3, -0.25) is 14.4 Å². The van der Waals surface area contributed by atoms with Gasteiger partial charge in [0.25, 0.3) is 0 Å². The first kappa shape index (κ1) is 22.1. The van der Waals surface area contributed by atoms with Crippen LogP contribution in [0.4, 0.5) is 0 Å². The summed E-state index contributed by atoms with van der Waals surface area (Å²) in [5.74, 6) is 0.206.